The molecule has 1 aromatic carbocycles. The smallest absolute Gasteiger partial charge is 0.328 e. The van der Waals surface area contributed by atoms with E-state index in [1.807, 2.05) is 6.07 Å². The second kappa shape index (κ2) is 8.55. The molecule has 7 heteroatoms. The van der Waals surface area contributed by atoms with Gasteiger partial charge < -0.3 is 15.2 Å². The summed E-state index contributed by atoms with van der Waals surface area (Å²) >= 11 is 0. The van der Waals surface area contributed by atoms with Crippen molar-refractivity contribution < 1.29 is 19.4 Å². The molecule has 0 aliphatic heterocycles. The van der Waals surface area contributed by atoms with E-state index in [1.165, 1.54) is 12.0 Å². The number of methoxy groups -OCH3 is 1. The number of aliphatic carboxylic acids is 1. The van der Waals surface area contributed by atoms with Gasteiger partial charge in [0.05, 0.1) is 19.1 Å². The molecule has 0 heterocycles. The monoisotopic (exact) mass is 291 g/mol. The van der Waals surface area contributed by atoms with Gasteiger partial charge >= 0.3 is 12.0 Å². The molecule has 2 N–H and O–H groups in total. The SMILES string of the molecule is COCC(NC(=O)N(CCC#N)c1ccccc1)C(=O)O. The van der Waals surface area contributed by atoms with Crippen LogP contribution >= 0.6 is 0 Å². The average molecular weight is 291 g/mol. The number of carboxylic acids is 1. The maximum atomic E-state index is 12.2. The van der Waals surface area contributed by atoms with Crippen LogP contribution in [0.4, 0.5) is 10.5 Å². The lowest BCUT2D eigenvalue weighted by atomic mass is 10.2. The highest BCUT2D eigenvalue weighted by Gasteiger charge is 2.23. The molecule has 0 fully saturated rings. The zero-order valence-electron chi connectivity index (χ0n) is 11.7. The van der Waals surface area contributed by atoms with Crippen LogP contribution in [-0.2, 0) is 9.53 Å². The molecule has 0 bridgehead atoms. The first-order valence-electron chi connectivity index (χ1n) is 6.32. The van der Waals surface area contributed by atoms with Gasteiger partial charge in [-0.1, -0.05) is 18.2 Å². The van der Waals surface area contributed by atoms with E-state index >= 15 is 0 Å². The number of nitriles is 1. The predicted octanol–water partition coefficient (Wildman–Crippen LogP) is 1.22. The summed E-state index contributed by atoms with van der Waals surface area (Å²) < 4.78 is 4.77. The summed E-state index contributed by atoms with van der Waals surface area (Å²) in [6.45, 7) is 0.0353. The molecule has 1 rings (SSSR count). The molecule has 1 unspecified atom stereocenters. The van der Waals surface area contributed by atoms with Gasteiger partial charge in [-0.2, -0.15) is 5.26 Å². The van der Waals surface area contributed by atoms with E-state index in [-0.39, 0.29) is 19.6 Å². The van der Waals surface area contributed by atoms with Crippen LogP contribution in [0.2, 0.25) is 0 Å². The van der Waals surface area contributed by atoms with Gasteiger partial charge in [0.25, 0.3) is 0 Å². The topological polar surface area (TPSA) is 103 Å². The first kappa shape index (κ1) is 16.5. The fourth-order valence-electron chi connectivity index (χ4n) is 1.69. The molecule has 21 heavy (non-hydrogen) atoms. The Kier molecular flexibility index (Phi) is 6.71. The standard InChI is InChI=1S/C14H17N3O4/c1-21-10-12(13(18)19)16-14(20)17(9-5-8-15)11-6-3-2-4-7-11/h2-4,6-7,12H,5,9-10H2,1H3,(H,16,20)(H,18,19). The van der Waals surface area contributed by atoms with Gasteiger partial charge in [0.1, 0.15) is 0 Å². The van der Waals surface area contributed by atoms with E-state index < -0.39 is 18.0 Å². The second-order valence-corrected chi connectivity index (χ2v) is 4.19. The number of ether oxygens (including phenoxy) is 1. The van der Waals surface area contributed by atoms with E-state index in [9.17, 15) is 9.59 Å². The molecule has 1 atom stereocenters. The number of carbonyl (C=O) groups is 2. The maximum Gasteiger partial charge on any atom is 0.328 e. The number of amides is 2. The van der Waals surface area contributed by atoms with Crippen LogP contribution in [0.25, 0.3) is 0 Å². The highest BCUT2D eigenvalue weighted by Crippen LogP contribution is 2.14. The molecule has 0 spiro atoms. The fraction of sp³-hybridized carbons (Fsp3) is 0.357. The van der Waals surface area contributed by atoms with Gasteiger partial charge in [-0.15, -0.1) is 0 Å². The first-order chi connectivity index (χ1) is 10.1. The highest BCUT2D eigenvalue weighted by molar-refractivity contribution is 5.94. The number of carbonyl (C=O) groups excluding carboxylic acids is 1. The lowest BCUT2D eigenvalue weighted by molar-refractivity contribution is -0.140. The lowest BCUT2D eigenvalue weighted by Crippen LogP contribution is -2.50. The largest absolute Gasteiger partial charge is 0.480 e. The predicted molar refractivity (Wildman–Crippen MR) is 75.8 cm³/mol. The molecule has 0 aliphatic carbocycles. The summed E-state index contributed by atoms with van der Waals surface area (Å²) in [5.74, 6) is -1.18. The number of urea groups is 1. The number of hydrogen-bond acceptors (Lipinski definition) is 4. The Balaban J connectivity index is 2.85. The Hall–Kier alpha value is -2.59. The summed E-state index contributed by atoms with van der Waals surface area (Å²) in [5, 5.41) is 20.1. The highest BCUT2D eigenvalue weighted by atomic mass is 16.5. The van der Waals surface area contributed by atoms with Crippen molar-refractivity contribution in [3.05, 3.63) is 30.3 Å². The summed E-state index contributed by atoms with van der Waals surface area (Å²) in [7, 11) is 1.35. The number of rotatable bonds is 7. The molecule has 0 saturated heterocycles. The number of carboxylic acid groups (broad SMARTS) is 1. The van der Waals surface area contributed by atoms with Crippen LogP contribution in [0.15, 0.2) is 30.3 Å². The normalized spacial score (nSPS) is 11.2. The number of para-hydroxylation sites is 1. The van der Waals surface area contributed by atoms with Crippen LogP contribution in [0.5, 0.6) is 0 Å². The van der Waals surface area contributed by atoms with Gasteiger partial charge in [-0.3, -0.25) is 4.90 Å². The van der Waals surface area contributed by atoms with Crippen LogP contribution in [0, 0.1) is 11.3 Å². The summed E-state index contributed by atoms with van der Waals surface area (Å²) in [6, 6.07) is 8.97. The van der Waals surface area contributed by atoms with Crippen molar-refractivity contribution in [2.75, 3.05) is 25.2 Å². The minimum absolute atomic E-state index is 0.137. The van der Waals surface area contributed by atoms with Crippen molar-refractivity contribution in [3.8, 4) is 6.07 Å². The van der Waals surface area contributed by atoms with Crippen molar-refractivity contribution in [3.63, 3.8) is 0 Å². The molecule has 1 aromatic rings. The quantitative estimate of drug-likeness (QED) is 0.786. The average Bonchev–Trinajstić information content (AvgIpc) is 2.48. The minimum Gasteiger partial charge on any atom is -0.480 e. The Labute approximate surface area is 122 Å². The van der Waals surface area contributed by atoms with Crippen LogP contribution in [-0.4, -0.2) is 43.4 Å². The second-order valence-electron chi connectivity index (χ2n) is 4.19. The van der Waals surface area contributed by atoms with Crippen molar-refractivity contribution in [2.45, 2.75) is 12.5 Å². The Morgan fingerprint density at radius 3 is 2.62 bits per heavy atom. The zero-order chi connectivity index (χ0) is 15.7. The third-order valence-electron chi connectivity index (χ3n) is 2.69. The van der Waals surface area contributed by atoms with Gasteiger partial charge in [0, 0.05) is 19.3 Å². The molecule has 0 radical (unpaired) electrons. The third-order valence-corrected chi connectivity index (χ3v) is 2.69. The van der Waals surface area contributed by atoms with E-state index in [1.54, 1.807) is 30.3 Å². The number of benzene rings is 1. The number of anilines is 1. The fourth-order valence-corrected chi connectivity index (χ4v) is 1.69. The van der Waals surface area contributed by atoms with Crippen LogP contribution < -0.4 is 10.2 Å². The van der Waals surface area contributed by atoms with E-state index in [4.69, 9.17) is 15.1 Å². The van der Waals surface area contributed by atoms with Crippen molar-refractivity contribution >= 4 is 17.7 Å². The zero-order valence-corrected chi connectivity index (χ0v) is 11.7. The van der Waals surface area contributed by atoms with Crippen molar-refractivity contribution in [1.29, 1.82) is 5.26 Å². The van der Waals surface area contributed by atoms with Gasteiger partial charge in [-0.25, -0.2) is 9.59 Å². The third kappa shape index (κ3) is 5.12. The molecule has 112 valence electrons. The summed E-state index contributed by atoms with van der Waals surface area (Å²) in [4.78, 5) is 24.6. The van der Waals surface area contributed by atoms with Gasteiger partial charge in [-0.05, 0) is 12.1 Å². The first-order valence-corrected chi connectivity index (χ1v) is 6.32. The number of hydrogen-bond donors (Lipinski definition) is 2. The molecular weight excluding hydrogens is 274 g/mol. The lowest BCUT2D eigenvalue weighted by Gasteiger charge is -2.24. The number of nitrogens with one attached hydrogen (secondary N) is 1. The minimum atomic E-state index is -1.18. The Bertz CT molecular complexity index is 513. The van der Waals surface area contributed by atoms with E-state index in [2.05, 4.69) is 5.32 Å². The molecule has 7 nitrogen and oxygen atoms in total. The molecule has 2 amide bonds. The molecule has 0 aromatic heterocycles. The molecular formula is C14H17N3O4. The van der Waals surface area contributed by atoms with Gasteiger partial charge in [0.15, 0.2) is 6.04 Å². The number of nitrogens with zero attached hydrogens (tertiary/aromatic N) is 2. The van der Waals surface area contributed by atoms with Gasteiger partial charge in [0.2, 0.25) is 0 Å². The summed E-state index contributed by atoms with van der Waals surface area (Å²) in [5.41, 5.74) is 0.590. The van der Waals surface area contributed by atoms with Crippen molar-refractivity contribution in [1.82, 2.24) is 5.32 Å². The van der Waals surface area contributed by atoms with Crippen LogP contribution in [0.1, 0.15) is 6.42 Å². The van der Waals surface area contributed by atoms with Crippen molar-refractivity contribution in [2.24, 2.45) is 0 Å². The van der Waals surface area contributed by atoms with E-state index in [0.29, 0.717) is 5.69 Å². The summed E-state index contributed by atoms with van der Waals surface area (Å²) in [6.07, 6.45) is 0.143. The van der Waals surface area contributed by atoms with Crippen LogP contribution in [0.3, 0.4) is 0 Å². The van der Waals surface area contributed by atoms with E-state index in [0.717, 1.165) is 0 Å². The molecule has 0 aliphatic rings. The maximum absolute atomic E-state index is 12.2. The Morgan fingerprint density at radius 2 is 2.10 bits per heavy atom. The Morgan fingerprint density at radius 1 is 1.43 bits per heavy atom. The molecule has 0 saturated carbocycles.